The van der Waals surface area contributed by atoms with Crippen molar-refractivity contribution in [1.82, 2.24) is 9.88 Å². The second-order valence-electron chi connectivity index (χ2n) is 5.55. The molecule has 1 N–H and O–H groups in total. The van der Waals surface area contributed by atoms with Crippen LogP contribution in [0.3, 0.4) is 0 Å². The van der Waals surface area contributed by atoms with E-state index >= 15 is 0 Å². The largest absolute Gasteiger partial charge is 0.389 e. The van der Waals surface area contributed by atoms with Gasteiger partial charge in [-0.1, -0.05) is 13.0 Å². The van der Waals surface area contributed by atoms with E-state index in [9.17, 15) is 5.11 Å². The van der Waals surface area contributed by atoms with Gasteiger partial charge in [0.1, 0.15) is 0 Å². The van der Waals surface area contributed by atoms with E-state index in [0.717, 1.165) is 38.2 Å². The van der Waals surface area contributed by atoms with Crippen LogP contribution >= 0.6 is 0 Å². The summed E-state index contributed by atoms with van der Waals surface area (Å²) < 4.78 is 5.10. The fraction of sp³-hybridized carbons (Fsp3) is 0.667. The number of aromatic nitrogens is 1. The highest BCUT2D eigenvalue weighted by molar-refractivity contribution is 5.04. The van der Waals surface area contributed by atoms with Crippen LogP contribution < -0.4 is 0 Å². The molecule has 0 amide bonds. The van der Waals surface area contributed by atoms with E-state index < -0.39 is 5.60 Å². The highest BCUT2D eigenvalue weighted by Gasteiger charge is 2.38. The summed E-state index contributed by atoms with van der Waals surface area (Å²) >= 11 is 0. The van der Waals surface area contributed by atoms with Crippen molar-refractivity contribution in [2.75, 3.05) is 26.8 Å². The molecular formula is C15H24N2O2. The number of piperidine rings is 1. The van der Waals surface area contributed by atoms with Crippen LogP contribution in [-0.4, -0.2) is 47.4 Å². The maximum absolute atomic E-state index is 10.6. The van der Waals surface area contributed by atoms with Gasteiger partial charge >= 0.3 is 0 Å². The predicted octanol–water partition coefficient (Wildman–Crippen LogP) is 1.69. The smallest absolute Gasteiger partial charge is 0.0719 e. The fourth-order valence-corrected chi connectivity index (χ4v) is 2.76. The zero-order valence-corrected chi connectivity index (χ0v) is 11.9. The lowest BCUT2D eigenvalue weighted by atomic mass is 9.80. The first-order valence-electron chi connectivity index (χ1n) is 6.97. The molecule has 0 radical (unpaired) electrons. The Labute approximate surface area is 115 Å². The Hall–Kier alpha value is -0.970. The van der Waals surface area contributed by atoms with Crippen molar-refractivity contribution in [3.63, 3.8) is 0 Å². The molecule has 2 atom stereocenters. The molecule has 4 heteroatoms. The van der Waals surface area contributed by atoms with E-state index in [2.05, 4.69) is 22.9 Å². The summed E-state index contributed by atoms with van der Waals surface area (Å²) in [5, 5.41) is 10.6. The van der Waals surface area contributed by atoms with Gasteiger partial charge in [0, 0.05) is 39.5 Å². The van der Waals surface area contributed by atoms with E-state index in [1.165, 1.54) is 0 Å². The first-order valence-corrected chi connectivity index (χ1v) is 6.97. The van der Waals surface area contributed by atoms with Crippen LogP contribution in [-0.2, 0) is 11.3 Å². The minimum atomic E-state index is -0.573. The van der Waals surface area contributed by atoms with Crippen molar-refractivity contribution in [1.29, 1.82) is 0 Å². The van der Waals surface area contributed by atoms with Crippen molar-refractivity contribution in [3.8, 4) is 0 Å². The minimum absolute atomic E-state index is 0.264. The number of ether oxygens (including phenoxy) is 1. The molecule has 1 aromatic heterocycles. The first-order chi connectivity index (χ1) is 9.14. The number of aliphatic hydroxyl groups is 1. The Bertz CT molecular complexity index is 385. The van der Waals surface area contributed by atoms with Gasteiger partial charge in [0.15, 0.2) is 0 Å². The van der Waals surface area contributed by atoms with Gasteiger partial charge in [-0.3, -0.25) is 9.88 Å². The van der Waals surface area contributed by atoms with Crippen LogP contribution in [0.15, 0.2) is 24.4 Å². The number of rotatable bonds is 5. The first kappa shape index (κ1) is 14.4. The Morgan fingerprint density at radius 3 is 3.00 bits per heavy atom. The third-order valence-corrected chi connectivity index (χ3v) is 4.16. The number of methoxy groups -OCH3 is 1. The second-order valence-corrected chi connectivity index (χ2v) is 5.55. The summed E-state index contributed by atoms with van der Waals surface area (Å²) in [4.78, 5) is 6.73. The molecule has 0 aliphatic carbocycles. The lowest BCUT2D eigenvalue weighted by molar-refractivity contribution is -0.0829. The van der Waals surface area contributed by atoms with E-state index in [4.69, 9.17) is 4.74 Å². The van der Waals surface area contributed by atoms with E-state index in [-0.39, 0.29) is 5.92 Å². The molecule has 0 saturated carbocycles. The number of likely N-dealkylation sites (tertiary alicyclic amines) is 1. The van der Waals surface area contributed by atoms with Crippen molar-refractivity contribution in [2.45, 2.75) is 31.9 Å². The summed E-state index contributed by atoms with van der Waals surface area (Å²) in [5.74, 6) is 0.264. The van der Waals surface area contributed by atoms with Crippen molar-refractivity contribution >= 4 is 0 Å². The summed E-state index contributed by atoms with van der Waals surface area (Å²) in [6.07, 6.45) is 3.37. The molecular weight excluding hydrogens is 240 g/mol. The molecule has 0 bridgehead atoms. The SMILES string of the molecule is COCC[C@@]1(O)CCN(Cc2ccccn2)C[C@@H]1C. The number of nitrogens with zero attached hydrogens (tertiary/aromatic N) is 2. The number of hydrogen-bond acceptors (Lipinski definition) is 4. The minimum Gasteiger partial charge on any atom is -0.389 e. The molecule has 2 heterocycles. The molecule has 1 aromatic rings. The number of pyridine rings is 1. The second kappa shape index (κ2) is 6.46. The molecule has 106 valence electrons. The highest BCUT2D eigenvalue weighted by atomic mass is 16.5. The van der Waals surface area contributed by atoms with Crippen LogP contribution in [0.25, 0.3) is 0 Å². The van der Waals surface area contributed by atoms with Gasteiger partial charge < -0.3 is 9.84 Å². The van der Waals surface area contributed by atoms with Gasteiger partial charge in [-0.15, -0.1) is 0 Å². The molecule has 1 aliphatic rings. The fourth-order valence-electron chi connectivity index (χ4n) is 2.76. The molecule has 2 rings (SSSR count). The molecule has 0 spiro atoms. The Morgan fingerprint density at radius 2 is 2.37 bits per heavy atom. The quantitative estimate of drug-likeness (QED) is 0.879. The molecule has 0 unspecified atom stereocenters. The lowest BCUT2D eigenvalue weighted by Gasteiger charge is -2.43. The summed E-state index contributed by atoms with van der Waals surface area (Å²) in [6, 6.07) is 6.01. The van der Waals surface area contributed by atoms with Crippen LogP contribution in [0.4, 0.5) is 0 Å². The average molecular weight is 264 g/mol. The van der Waals surface area contributed by atoms with E-state index in [0.29, 0.717) is 6.61 Å². The van der Waals surface area contributed by atoms with Crippen molar-refractivity contribution in [2.24, 2.45) is 5.92 Å². The van der Waals surface area contributed by atoms with Gasteiger partial charge in [0.05, 0.1) is 11.3 Å². The lowest BCUT2D eigenvalue weighted by Crippen LogP contribution is -2.51. The van der Waals surface area contributed by atoms with Gasteiger partial charge in [-0.05, 0) is 30.9 Å². The summed E-state index contributed by atoms with van der Waals surface area (Å²) in [7, 11) is 1.68. The van der Waals surface area contributed by atoms with Gasteiger partial charge in [-0.2, -0.15) is 0 Å². The zero-order chi connectivity index (χ0) is 13.7. The molecule has 0 aromatic carbocycles. The number of hydrogen-bond donors (Lipinski definition) is 1. The van der Waals surface area contributed by atoms with Gasteiger partial charge in [0.25, 0.3) is 0 Å². The van der Waals surface area contributed by atoms with Crippen molar-refractivity contribution in [3.05, 3.63) is 30.1 Å². The third-order valence-electron chi connectivity index (χ3n) is 4.16. The van der Waals surface area contributed by atoms with Gasteiger partial charge in [-0.25, -0.2) is 0 Å². The Balaban J connectivity index is 1.89. The van der Waals surface area contributed by atoms with E-state index in [1.54, 1.807) is 7.11 Å². The van der Waals surface area contributed by atoms with Gasteiger partial charge in [0.2, 0.25) is 0 Å². The van der Waals surface area contributed by atoms with E-state index in [1.807, 2.05) is 18.3 Å². The zero-order valence-electron chi connectivity index (χ0n) is 11.9. The summed E-state index contributed by atoms with van der Waals surface area (Å²) in [5.41, 5.74) is 0.522. The van der Waals surface area contributed by atoms with Crippen LogP contribution in [0.1, 0.15) is 25.5 Å². The van der Waals surface area contributed by atoms with Crippen molar-refractivity contribution < 1.29 is 9.84 Å². The Kier molecular flexibility index (Phi) is 4.91. The third kappa shape index (κ3) is 3.75. The standard InChI is InChI=1S/C15H24N2O2/c1-13-11-17(12-14-5-3-4-8-16-14)9-6-15(13,18)7-10-19-2/h3-5,8,13,18H,6-7,9-12H2,1-2H3/t13-,15-/m0/s1. The molecule has 19 heavy (non-hydrogen) atoms. The molecule has 1 fully saturated rings. The molecule has 1 aliphatic heterocycles. The topological polar surface area (TPSA) is 45.6 Å². The van der Waals surface area contributed by atoms with Crippen LogP contribution in [0.2, 0.25) is 0 Å². The highest BCUT2D eigenvalue weighted by Crippen LogP contribution is 2.31. The van der Waals surface area contributed by atoms with Crippen LogP contribution in [0.5, 0.6) is 0 Å². The summed E-state index contributed by atoms with van der Waals surface area (Å²) in [6.45, 7) is 5.45. The Morgan fingerprint density at radius 1 is 1.53 bits per heavy atom. The van der Waals surface area contributed by atoms with Crippen LogP contribution in [0, 0.1) is 5.92 Å². The maximum atomic E-state index is 10.6. The molecule has 1 saturated heterocycles. The normalized spacial score (nSPS) is 28.5. The monoisotopic (exact) mass is 264 g/mol. The average Bonchev–Trinajstić information content (AvgIpc) is 2.42. The maximum Gasteiger partial charge on any atom is 0.0719 e. The molecule has 4 nitrogen and oxygen atoms in total. The predicted molar refractivity (Wildman–Crippen MR) is 74.7 cm³/mol.